The molecule has 0 bridgehead atoms. The van der Waals surface area contributed by atoms with Gasteiger partial charge >= 0.3 is 0 Å². The summed E-state index contributed by atoms with van der Waals surface area (Å²) in [5.74, 6) is 0. The molecule has 1 aromatic rings. The highest BCUT2D eigenvalue weighted by molar-refractivity contribution is 7.15. The minimum absolute atomic E-state index is 0.552. The van der Waals surface area contributed by atoms with Crippen LogP contribution in [0.5, 0.6) is 0 Å². The van der Waals surface area contributed by atoms with Crippen LogP contribution in [0.2, 0.25) is 0 Å². The fourth-order valence-corrected chi connectivity index (χ4v) is 2.01. The second-order valence-electron chi connectivity index (χ2n) is 3.59. The lowest BCUT2D eigenvalue weighted by molar-refractivity contribution is 0.236. The molecular formula is C9H18N4S. The normalized spacial score (nSPS) is 13.4. The highest BCUT2D eigenvalue weighted by atomic mass is 32.1. The summed E-state index contributed by atoms with van der Waals surface area (Å²) in [5.41, 5.74) is 5.52. The van der Waals surface area contributed by atoms with Crippen LogP contribution < -0.4 is 5.73 Å². The third-order valence-electron chi connectivity index (χ3n) is 2.33. The van der Waals surface area contributed by atoms with Crippen molar-refractivity contribution in [3.63, 3.8) is 0 Å². The van der Waals surface area contributed by atoms with Crippen molar-refractivity contribution in [2.75, 3.05) is 12.8 Å². The first kappa shape index (κ1) is 11.4. The zero-order chi connectivity index (χ0) is 10.6. The fraction of sp³-hybridized carbons (Fsp3) is 0.778. The summed E-state index contributed by atoms with van der Waals surface area (Å²) >= 11 is 1.47. The van der Waals surface area contributed by atoms with Gasteiger partial charge in [0.15, 0.2) is 0 Å². The van der Waals surface area contributed by atoms with Crippen molar-refractivity contribution >= 4 is 16.5 Å². The van der Waals surface area contributed by atoms with E-state index in [4.69, 9.17) is 5.73 Å². The van der Waals surface area contributed by atoms with Gasteiger partial charge < -0.3 is 5.73 Å². The standard InChI is InChI=1S/C9H18N4S/c1-4-5-7(2)13(3)6-8-11-12-9(10)14-8/h7H,4-6H2,1-3H3,(H2,10,12). The predicted octanol–water partition coefficient (Wildman–Crippen LogP) is 1.74. The molecule has 1 aromatic heterocycles. The third kappa shape index (κ3) is 3.23. The van der Waals surface area contributed by atoms with E-state index in [1.807, 2.05) is 0 Å². The van der Waals surface area contributed by atoms with Crippen molar-refractivity contribution in [2.24, 2.45) is 0 Å². The highest BCUT2D eigenvalue weighted by Gasteiger charge is 2.10. The minimum atomic E-state index is 0.552. The number of anilines is 1. The zero-order valence-electron chi connectivity index (χ0n) is 9.03. The number of nitrogens with zero attached hydrogens (tertiary/aromatic N) is 3. The van der Waals surface area contributed by atoms with Crippen molar-refractivity contribution < 1.29 is 0 Å². The molecule has 1 heterocycles. The second-order valence-corrected chi connectivity index (χ2v) is 4.68. The van der Waals surface area contributed by atoms with E-state index in [1.165, 1.54) is 24.2 Å². The van der Waals surface area contributed by atoms with Gasteiger partial charge in [-0.05, 0) is 20.4 Å². The van der Waals surface area contributed by atoms with Crippen LogP contribution in [0.15, 0.2) is 0 Å². The van der Waals surface area contributed by atoms with Crippen LogP contribution in [0.25, 0.3) is 0 Å². The average Bonchev–Trinajstić information content (AvgIpc) is 2.51. The lowest BCUT2D eigenvalue weighted by Gasteiger charge is -2.22. The molecule has 0 radical (unpaired) electrons. The monoisotopic (exact) mass is 214 g/mol. The van der Waals surface area contributed by atoms with Gasteiger partial charge in [-0.2, -0.15) is 0 Å². The van der Waals surface area contributed by atoms with Gasteiger partial charge in [0, 0.05) is 6.04 Å². The number of hydrogen-bond acceptors (Lipinski definition) is 5. The van der Waals surface area contributed by atoms with Gasteiger partial charge in [-0.15, -0.1) is 10.2 Å². The van der Waals surface area contributed by atoms with Crippen LogP contribution in [0.1, 0.15) is 31.7 Å². The molecule has 14 heavy (non-hydrogen) atoms. The molecule has 0 aliphatic rings. The predicted molar refractivity (Wildman–Crippen MR) is 60.2 cm³/mol. The summed E-state index contributed by atoms with van der Waals surface area (Å²) in [6, 6.07) is 0.588. The van der Waals surface area contributed by atoms with Crippen molar-refractivity contribution in [3.05, 3.63) is 5.01 Å². The van der Waals surface area contributed by atoms with Gasteiger partial charge in [0.2, 0.25) is 5.13 Å². The molecule has 0 aliphatic heterocycles. The first-order chi connectivity index (χ1) is 6.63. The summed E-state index contributed by atoms with van der Waals surface area (Å²) in [4.78, 5) is 2.28. The van der Waals surface area contributed by atoms with Crippen LogP contribution in [-0.2, 0) is 6.54 Å². The summed E-state index contributed by atoms with van der Waals surface area (Å²) in [7, 11) is 2.11. The van der Waals surface area contributed by atoms with Crippen LogP contribution in [-0.4, -0.2) is 28.2 Å². The van der Waals surface area contributed by atoms with E-state index < -0.39 is 0 Å². The first-order valence-electron chi connectivity index (χ1n) is 4.91. The number of aromatic nitrogens is 2. The maximum atomic E-state index is 5.52. The molecule has 1 rings (SSSR count). The minimum Gasteiger partial charge on any atom is -0.374 e. The molecule has 80 valence electrons. The smallest absolute Gasteiger partial charge is 0.203 e. The van der Waals surface area contributed by atoms with E-state index in [0.717, 1.165) is 11.6 Å². The molecule has 2 N–H and O–H groups in total. The van der Waals surface area contributed by atoms with Crippen molar-refractivity contribution in [1.29, 1.82) is 0 Å². The van der Waals surface area contributed by atoms with Gasteiger partial charge in [0.1, 0.15) is 5.01 Å². The van der Waals surface area contributed by atoms with Crippen LogP contribution in [0.4, 0.5) is 5.13 Å². The molecule has 4 nitrogen and oxygen atoms in total. The Bertz CT molecular complexity index is 274. The molecule has 0 saturated heterocycles. The van der Waals surface area contributed by atoms with Crippen LogP contribution in [0.3, 0.4) is 0 Å². The lowest BCUT2D eigenvalue weighted by atomic mass is 10.2. The van der Waals surface area contributed by atoms with E-state index in [9.17, 15) is 0 Å². The summed E-state index contributed by atoms with van der Waals surface area (Å²) < 4.78 is 0. The van der Waals surface area contributed by atoms with Crippen LogP contribution >= 0.6 is 11.3 Å². The molecule has 0 fully saturated rings. The topological polar surface area (TPSA) is 55.0 Å². The summed E-state index contributed by atoms with van der Waals surface area (Å²) in [6.07, 6.45) is 2.43. The van der Waals surface area contributed by atoms with E-state index in [0.29, 0.717) is 11.2 Å². The zero-order valence-corrected chi connectivity index (χ0v) is 9.84. The molecule has 5 heteroatoms. The molecule has 1 unspecified atom stereocenters. The molecule has 0 spiro atoms. The van der Waals surface area contributed by atoms with Gasteiger partial charge in [0.05, 0.1) is 6.54 Å². The first-order valence-corrected chi connectivity index (χ1v) is 5.73. The number of nitrogen functional groups attached to an aromatic ring is 1. The Labute approximate surface area is 89.1 Å². The largest absolute Gasteiger partial charge is 0.374 e. The van der Waals surface area contributed by atoms with Crippen molar-refractivity contribution in [3.8, 4) is 0 Å². The second kappa shape index (κ2) is 5.26. The number of rotatable bonds is 5. The highest BCUT2D eigenvalue weighted by Crippen LogP contribution is 2.15. The van der Waals surface area contributed by atoms with E-state index >= 15 is 0 Å². The summed E-state index contributed by atoms with van der Waals surface area (Å²) in [5, 5.41) is 9.34. The summed E-state index contributed by atoms with van der Waals surface area (Å²) in [6.45, 7) is 5.28. The Morgan fingerprint density at radius 3 is 2.71 bits per heavy atom. The van der Waals surface area contributed by atoms with E-state index in [-0.39, 0.29) is 0 Å². The Morgan fingerprint density at radius 2 is 2.21 bits per heavy atom. The molecule has 0 aliphatic carbocycles. The third-order valence-corrected chi connectivity index (χ3v) is 3.06. The maximum absolute atomic E-state index is 5.52. The van der Waals surface area contributed by atoms with E-state index in [2.05, 4.69) is 36.0 Å². The molecular weight excluding hydrogens is 196 g/mol. The average molecular weight is 214 g/mol. The SMILES string of the molecule is CCCC(C)N(C)Cc1nnc(N)s1. The van der Waals surface area contributed by atoms with Gasteiger partial charge in [-0.1, -0.05) is 24.7 Å². The molecule has 1 atom stereocenters. The Hall–Kier alpha value is -0.680. The van der Waals surface area contributed by atoms with Crippen LogP contribution in [0, 0.1) is 0 Å². The quantitative estimate of drug-likeness (QED) is 0.811. The Morgan fingerprint density at radius 1 is 1.50 bits per heavy atom. The van der Waals surface area contributed by atoms with Gasteiger partial charge in [-0.3, -0.25) is 4.90 Å². The molecule has 0 amide bonds. The number of hydrogen-bond donors (Lipinski definition) is 1. The fourth-order valence-electron chi connectivity index (χ4n) is 1.34. The van der Waals surface area contributed by atoms with Gasteiger partial charge in [-0.25, -0.2) is 0 Å². The van der Waals surface area contributed by atoms with E-state index in [1.54, 1.807) is 0 Å². The van der Waals surface area contributed by atoms with Crippen molar-refractivity contribution in [2.45, 2.75) is 39.3 Å². The van der Waals surface area contributed by atoms with Crippen molar-refractivity contribution in [1.82, 2.24) is 15.1 Å². The Balaban J connectivity index is 2.43. The molecule has 0 aromatic carbocycles. The lowest BCUT2D eigenvalue weighted by Crippen LogP contribution is -2.28. The Kier molecular flexibility index (Phi) is 4.28. The van der Waals surface area contributed by atoms with Gasteiger partial charge in [0.25, 0.3) is 0 Å². The number of nitrogens with two attached hydrogens (primary N) is 1. The molecule has 0 saturated carbocycles. The maximum Gasteiger partial charge on any atom is 0.203 e.